The Morgan fingerprint density at radius 3 is 2.27 bits per heavy atom. The van der Waals surface area contributed by atoms with Crippen LogP contribution >= 0.6 is 35.0 Å². The van der Waals surface area contributed by atoms with Crippen molar-refractivity contribution in [2.24, 2.45) is 0 Å². The third kappa shape index (κ3) is 2.28. The van der Waals surface area contributed by atoms with Crippen LogP contribution in [0, 0.1) is 0 Å². The number of hydrogen-bond donors (Lipinski definition) is 0. The minimum absolute atomic E-state index is 0.115. The van der Waals surface area contributed by atoms with Gasteiger partial charge in [0, 0.05) is 4.91 Å². The van der Waals surface area contributed by atoms with E-state index >= 15 is 0 Å². The van der Waals surface area contributed by atoms with Crippen molar-refractivity contribution >= 4 is 46.2 Å². The fourth-order valence-electron chi connectivity index (χ4n) is 1.18. The molecule has 76 valence electrons. The minimum Gasteiger partial charge on any atom is -0.280 e. The quantitative estimate of drug-likeness (QED) is 0.756. The first kappa shape index (κ1) is 10.8. The Hall–Kier alpha value is -0.700. The summed E-state index contributed by atoms with van der Waals surface area (Å²) < 4.78 is 0. The molecule has 0 atom stereocenters. The fraction of sp³-hybridized carbons (Fsp3) is 0. The lowest BCUT2D eigenvalue weighted by Gasteiger charge is -1.96. The molecular weight excluding hydrogens is 251 g/mol. The lowest BCUT2D eigenvalue weighted by Crippen LogP contribution is -1.80. The van der Waals surface area contributed by atoms with Crippen LogP contribution in [0.25, 0.3) is 6.08 Å². The lowest BCUT2D eigenvalue weighted by molar-refractivity contribution is -0.107. The van der Waals surface area contributed by atoms with E-state index in [9.17, 15) is 4.79 Å². The Morgan fingerprint density at radius 2 is 1.73 bits per heavy atom. The van der Waals surface area contributed by atoms with Crippen LogP contribution in [0.4, 0.5) is 0 Å². The summed E-state index contributed by atoms with van der Waals surface area (Å²) in [7, 11) is 0. The highest BCUT2D eigenvalue weighted by Crippen LogP contribution is 2.42. The molecule has 0 radical (unpaired) electrons. The smallest absolute Gasteiger partial charge is 0.237 e. The number of allylic oxidation sites excluding steroid dienone is 1. The van der Waals surface area contributed by atoms with E-state index in [1.165, 1.54) is 0 Å². The van der Waals surface area contributed by atoms with Gasteiger partial charge < -0.3 is 0 Å². The molecule has 2 rings (SSSR count). The Morgan fingerprint density at radius 1 is 1.07 bits per heavy atom. The fourth-order valence-corrected chi connectivity index (χ4v) is 2.54. The summed E-state index contributed by atoms with van der Waals surface area (Å²) in [4.78, 5) is 11.9. The lowest BCUT2D eigenvalue weighted by atomic mass is 10.2. The van der Waals surface area contributed by atoms with Crippen LogP contribution in [0.15, 0.2) is 45.3 Å². The highest BCUT2D eigenvalue weighted by molar-refractivity contribution is 8.18. The van der Waals surface area contributed by atoms with Gasteiger partial charge in [-0.05, 0) is 23.4 Å². The van der Waals surface area contributed by atoms with E-state index in [0.717, 1.165) is 17.3 Å². The van der Waals surface area contributed by atoms with E-state index in [0.29, 0.717) is 9.94 Å². The molecule has 0 unspecified atom stereocenters. The third-order valence-electron chi connectivity index (χ3n) is 1.89. The van der Waals surface area contributed by atoms with E-state index < -0.39 is 0 Å². The predicted octanol–water partition coefficient (Wildman–Crippen LogP) is 3.99. The molecule has 4 heteroatoms. The molecule has 0 aromatic heterocycles. The van der Waals surface area contributed by atoms with Gasteiger partial charge in [0.15, 0.2) is 0 Å². The number of carbonyl (C=O) groups is 1. The third-order valence-corrected chi connectivity index (χ3v) is 3.89. The van der Waals surface area contributed by atoms with Gasteiger partial charge in [0.2, 0.25) is 5.12 Å². The number of rotatable bonds is 1. The first-order chi connectivity index (χ1) is 7.18. The number of benzene rings is 1. The van der Waals surface area contributed by atoms with Crippen LogP contribution in [-0.4, -0.2) is 5.12 Å². The summed E-state index contributed by atoms with van der Waals surface area (Å²) in [5.74, 6) is 0. The molecule has 0 fully saturated rings. The summed E-state index contributed by atoms with van der Waals surface area (Å²) in [5, 5.41) is 0.267. The Bertz CT molecular complexity index is 463. The molecule has 15 heavy (non-hydrogen) atoms. The van der Waals surface area contributed by atoms with Crippen LogP contribution in [0.2, 0.25) is 0 Å². The highest BCUT2D eigenvalue weighted by atomic mass is 35.5. The zero-order valence-electron chi connectivity index (χ0n) is 7.54. The van der Waals surface area contributed by atoms with E-state index in [4.69, 9.17) is 23.2 Å². The van der Waals surface area contributed by atoms with Gasteiger partial charge in [0.05, 0.1) is 5.03 Å². The van der Waals surface area contributed by atoms with Gasteiger partial charge in [-0.25, -0.2) is 0 Å². The largest absolute Gasteiger partial charge is 0.280 e. The van der Waals surface area contributed by atoms with Gasteiger partial charge in [0.1, 0.15) is 5.03 Å². The summed E-state index contributed by atoms with van der Waals surface area (Å²) in [6, 6.07) is 9.66. The normalized spacial score (nSPS) is 19.1. The Labute approximate surface area is 102 Å². The molecule has 1 heterocycles. The molecule has 0 N–H and O–H groups in total. The van der Waals surface area contributed by atoms with Crippen LogP contribution in [-0.2, 0) is 4.79 Å². The molecule has 1 aromatic rings. The van der Waals surface area contributed by atoms with Crippen molar-refractivity contribution in [1.82, 2.24) is 0 Å². The van der Waals surface area contributed by atoms with Gasteiger partial charge in [-0.15, -0.1) is 0 Å². The van der Waals surface area contributed by atoms with Crippen LogP contribution in [0.5, 0.6) is 0 Å². The highest BCUT2D eigenvalue weighted by Gasteiger charge is 2.25. The topological polar surface area (TPSA) is 17.1 Å². The molecule has 1 aromatic carbocycles. The second-order valence-corrected chi connectivity index (χ2v) is 4.71. The van der Waals surface area contributed by atoms with Crippen molar-refractivity contribution < 1.29 is 4.79 Å². The van der Waals surface area contributed by atoms with Gasteiger partial charge in [0.25, 0.3) is 0 Å². The van der Waals surface area contributed by atoms with Crippen molar-refractivity contribution in [3.8, 4) is 0 Å². The number of thioether (sulfide) groups is 1. The summed E-state index contributed by atoms with van der Waals surface area (Å²) in [5.41, 5.74) is 0.998. The average molecular weight is 257 g/mol. The minimum atomic E-state index is -0.191. The van der Waals surface area contributed by atoms with Crippen molar-refractivity contribution in [2.45, 2.75) is 0 Å². The first-order valence-corrected chi connectivity index (χ1v) is 5.80. The summed E-state index contributed by atoms with van der Waals surface area (Å²) in [6.07, 6.45) is 1.85. The van der Waals surface area contributed by atoms with Gasteiger partial charge in [-0.1, -0.05) is 53.5 Å². The second-order valence-electron chi connectivity index (χ2n) is 2.94. The number of halogens is 2. The molecular formula is C11H6Cl2OS. The molecule has 0 saturated heterocycles. The van der Waals surface area contributed by atoms with E-state index in [-0.39, 0.29) is 10.1 Å². The zero-order valence-corrected chi connectivity index (χ0v) is 9.86. The van der Waals surface area contributed by atoms with Crippen molar-refractivity contribution in [3.63, 3.8) is 0 Å². The summed E-state index contributed by atoms with van der Waals surface area (Å²) >= 11 is 12.7. The average Bonchev–Trinajstić information content (AvgIpc) is 2.48. The maximum absolute atomic E-state index is 11.2. The van der Waals surface area contributed by atoms with E-state index in [1.807, 2.05) is 36.4 Å². The molecule has 1 aliphatic rings. The van der Waals surface area contributed by atoms with Crippen LogP contribution in [0.1, 0.15) is 5.56 Å². The first-order valence-electron chi connectivity index (χ1n) is 4.23. The standard InChI is InChI=1S/C11H6Cl2OS/c12-9-8(15-11(14)10(9)13)6-7-4-2-1-3-5-7/h1-6H. The summed E-state index contributed by atoms with van der Waals surface area (Å²) in [6.45, 7) is 0. The molecule has 1 nitrogen and oxygen atoms in total. The molecule has 0 bridgehead atoms. The van der Waals surface area contributed by atoms with Crippen molar-refractivity contribution in [2.75, 3.05) is 0 Å². The maximum atomic E-state index is 11.2. The SMILES string of the molecule is O=C1SC(=Cc2ccccc2)C(Cl)=C1Cl. The van der Waals surface area contributed by atoms with Crippen LogP contribution < -0.4 is 0 Å². The van der Waals surface area contributed by atoms with Crippen LogP contribution in [0.3, 0.4) is 0 Å². The van der Waals surface area contributed by atoms with Crippen molar-refractivity contribution in [3.05, 3.63) is 50.9 Å². The molecule has 0 amide bonds. The number of carbonyl (C=O) groups excluding carboxylic acids is 1. The van der Waals surface area contributed by atoms with Gasteiger partial charge in [-0.2, -0.15) is 0 Å². The monoisotopic (exact) mass is 256 g/mol. The predicted molar refractivity (Wildman–Crippen MR) is 65.7 cm³/mol. The van der Waals surface area contributed by atoms with E-state index in [1.54, 1.807) is 0 Å². The Balaban J connectivity index is 2.35. The molecule has 0 aliphatic carbocycles. The molecule has 0 spiro atoms. The van der Waals surface area contributed by atoms with Gasteiger partial charge >= 0.3 is 0 Å². The van der Waals surface area contributed by atoms with E-state index in [2.05, 4.69) is 0 Å². The molecule has 1 aliphatic heterocycles. The number of hydrogen-bond acceptors (Lipinski definition) is 2. The molecule has 0 saturated carbocycles. The van der Waals surface area contributed by atoms with Crippen molar-refractivity contribution in [1.29, 1.82) is 0 Å². The Kier molecular flexibility index (Phi) is 3.19. The van der Waals surface area contributed by atoms with Gasteiger partial charge in [-0.3, -0.25) is 4.79 Å². The zero-order chi connectivity index (χ0) is 10.8. The maximum Gasteiger partial charge on any atom is 0.237 e. The second kappa shape index (κ2) is 4.44.